The van der Waals surface area contributed by atoms with E-state index in [0.29, 0.717) is 0 Å². The molecule has 2 unspecified atom stereocenters. The molecular formula is C9H20FN. The Hall–Kier alpha value is -0.110. The van der Waals surface area contributed by atoms with E-state index < -0.39 is 0 Å². The predicted octanol–water partition coefficient (Wildman–Crippen LogP) is -2.28. The Morgan fingerprint density at radius 2 is 2.18 bits per heavy atom. The highest BCUT2D eigenvalue weighted by atomic mass is 19.0. The zero-order chi connectivity index (χ0) is 7.40. The molecule has 0 aromatic rings. The van der Waals surface area contributed by atoms with Crippen LogP contribution in [0.5, 0.6) is 0 Å². The van der Waals surface area contributed by atoms with E-state index in [4.69, 9.17) is 0 Å². The van der Waals surface area contributed by atoms with Crippen LogP contribution in [0.3, 0.4) is 0 Å². The summed E-state index contributed by atoms with van der Waals surface area (Å²) in [6.07, 6.45) is 5.77. The number of rotatable bonds is 3. The van der Waals surface area contributed by atoms with Crippen LogP contribution in [0.15, 0.2) is 0 Å². The highest BCUT2D eigenvalue weighted by Gasteiger charge is 2.21. The van der Waals surface area contributed by atoms with Crippen molar-refractivity contribution in [2.45, 2.75) is 32.6 Å². The van der Waals surface area contributed by atoms with Crippen molar-refractivity contribution in [2.75, 3.05) is 20.1 Å². The first-order valence-electron chi connectivity index (χ1n) is 4.64. The van der Waals surface area contributed by atoms with Crippen LogP contribution in [0, 0.1) is 5.92 Å². The third-order valence-electron chi connectivity index (χ3n) is 2.58. The second-order valence-electron chi connectivity index (χ2n) is 3.71. The summed E-state index contributed by atoms with van der Waals surface area (Å²) >= 11 is 0. The van der Waals surface area contributed by atoms with Crippen LogP contribution < -0.4 is 9.60 Å². The Morgan fingerprint density at radius 1 is 1.45 bits per heavy atom. The number of halogens is 1. The first-order chi connectivity index (χ1) is 4.83. The SMILES string of the molecule is CCCCC1CC[NH+](C)C1.[F-]. The van der Waals surface area contributed by atoms with Gasteiger partial charge >= 0.3 is 0 Å². The Labute approximate surface area is 69.1 Å². The molecule has 11 heavy (non-hydrogen) atoms. The smallest absolute Gasteiger partial charge is 0.0799 e. The molecule has 1 aliphatic heterocycles. The summed E-state index contributed by atoms with van der Waals surface area (Å²) in [7, 11) is 2.31. The minimum absolute atomic E-state index is 0. The van der Waals surface area contributed by atoms with Gasteiger partial charge in [0.1, 0.15) is 0 Å². The van der Waals surface area contributed by atoms with Gasteiger partial charge in [-0.05, 0) is 6.42 Å². The molecule has 2 heteroatoms. The van der Waals surface area contributed by atoms with Crippen molar-refractivity contribution in [2.24, 2.45) is 5.92 Å². The molecule has 1 N–H and O–H groups in total. The van der Waals surface area contributed by atoms with E-state index in [1.807, 2.05) is 0 Å². The van der Waals surface area contributed by atoms with Crippen LogP contribution in [0.25, 0.3) is 0 Å². The number of likely N-dealkylation sites (tertiary alicyclic amines) is 1. The van der Waals surface area contributed by atoms with Crippen molar-refractivity contribution in [1.29, 1.82) is 0 Å². The summed E-state index contributed by atoms with van der Waals surface area (Å²) in [4.78, 5) is 1.74. The van der Waals surface area contributed by atoms with E-state index in [-0.39, 0.29) is 4.70 Å². The van der Waals surface area contributed by atoms with Gasteiger partial charge in [-0.15, -0.1) is 0 Å². The van der Waals surface area contributed by atoms with Crippen LogP contribution in [0.4, 0.5) is 0 Å². The Bertz CT molecular complexity index is 95.6. The highest BCUT2D eigenvalue weighted by molar-refractivity contribution is 4.61. The standard InChI is InChI=1S/C9H19N.FH/c1-3-4-5-9-6-7-10(2)8-9;/h9H,3-8H2,1-2H3;1H. The average Bonchev–Trinajstić information content (AvgIpc) is 2.31. The maximum Gasteiger partial charge on any atom is 0.0799 e. The number of hydrogen-bond acceptors (Lipinski definition) is 0. The van der Waals surface area contributed by atoms with Crippen molar-refractivity contribution < 1.29 is 9.60 Å². The molecule has 0 aromatic heterocycles. The molecule has 1 nitrogen and oxygen atoms in total. The summed E-state index contributed by atoms with van der Waals surface area (Å²) in [5, 5.41) is 0. The first kappa shape index (κ1) is 10.9. The van der Waals surface area contributed by atoms with Gasteiger partial charge in [0.05, 0.1) is 20.1 Å². The van der Waals surface area contributed by atoms with Crippen LogP contribution in [-0.2, 0) is 0 Å². The fourth-order valence-electron chi connectivity index (χ4n) is 1.89. The van der Waals surface area contributed by atoms with E-state index in [0.717, 1.165) is 5.92 Å². The second-order valence-corrected chi connectivity index (χ2v) is 3.71. The lowest BCUT2D eigenvalue weighted by molar-refractivity contribution is -0.867. The van der Waals surface area contributed by atoms with E-state index in [9.17, 15) is 0 Å². The summed E-state index contributed by atoms with van der Waals surface area (Å²) < 4.78 is 0. The molecule has 1 saturated heterocycles. The van der Waals surface area contributed by atoms with Crippen LogP contribution >= 0.6 is 0 Å². The molecule has 0 bridgehead atoms. The fourth-order valence-corrected chi connectivity index (χ4v) is 1.89. The van der Waals surface area contributed by atoms with Crippen molar-refractivity contribution in [3.05, 3.63) is 0 Å². The maximum absolute atomic E-state index is 2.31. The van der Waals surface area contributed by atoms with Crippen molar-refractivity contribution in [1.82, 2.24) is 0 Å². The molecule has 1 aliphatic rings. The number of unbranched alkanes of at least 4 members (excludes halogenated alkanes) is 1. The molecule has 1 rings (SSSR count). The fraction of sp³-hybridized carbons (Fsp3) is 1.00. The molecule has 68 valence electrons. The lowest BCUT2D eigenvalue weighted by Gasteiger charge is -2.05. The Kier molecular flexibility index (Phi) is 5.47. The van der Waals surface area contributed by atoms with E-state index in [1.165, 1.54) is 38.8 Å². The summed E-state index contributed by atoms with van der Waals surface area (Å²) in [6.45, 7) is 5.12. The molecule has 0 radical (unpaired) electrons. The van der Waals surface area contributed by atoms with Crippen molar-refractivity contribution in [3.8, 4) is 0 Å². The number of quaternary nitrogens is 1. The van der Waals surface area contributed by atoms with Gasteiger partial charge in [0.15, 0.2) is 0 Å². The van der Waals surface area contributed by atoms with Gasteiger partial charge in [0.25, 0.3) is 0 Å². The van der Waals surface area contributed by atoms with Crippen molar-refractivity contribution in [3.63, 3.8) is 0 Å². The monoisotopic (exact) mass is 161 g/mol. The third kappa shape index (κ3) is 3.71. The molecule has 0 spiro atoms. The normalized spacial score (nSPS) is 30.0. The van der Waals surface area contributed by atoms with Crippen molar-refractivity contribution >= 4 is 0 Å². The zero-order valence-corrected chi connectivity index (χ0v) is 7.70. The van der Waals surface area contributed by atoms with Gasteiger partial charge in [-0.1, -0.05) is 19.8 Å². The third-order valence-corrected chi connectivity index (χ3v) is 2.58. The van der Waals surface area contributed by atoms with Gasteiger partial charge in [0.2, 0.25) is 0 Å². The zero-order valence-electron chi connectivity index (χ0n) is 7.70. The van der Waals surface area contributed by atoms with Crippen LogP contribution in [0.1, 0.15) is 32.6 Å². The number of hydrogen-bond donors (Lipinski definition) is 1. The highest BCUT2D eigenvalue weighted by Crippen LogP contribution is 2.12. The summed E-state index contributed by atoms with van der Waals surface area (Å²) in [5.74, 6) is 1.06. The molecule has 1 fully saturated rings. The quantitative estimate of drug-likeness (QED) is 0.475. The molecule has 0 aliphatic carbocycles. The molecule has 0 saturated carbocycles. The molecule has 0 aromatic carbocycles. The van der Waals surface area contributed by atoms with E-state index in [2.05, 4.69) is 14.0 Å². The Balaban J connectivity index is 0.000001000. The number of nitrogens with one attached hydrogen (secondary N) is 1. The van der Waals surface area contributed by atoms with E-state index >= 15 is 0 Å². The Morgan fingerprint density at radius 3 is 2.64 bits per heavy atom. The van der Waals surface area contributed by atoms with E-state index in [1.54, 1.807) is 4.90 Å². The van der Waals surface area contributed by atoms with Gasteiger partial charge < -0.3 is 9.60 Å². The lowest BCUT2D eigenvalue weighted by Crippen LogP contribution is -3.07. The topological polar surface area (TPSA) is 4.44 Å². The maximum atomic E-state index is 2.31. The molecule has 0 amide bonds. The summed E-state index contributed by atoms with van der Waals surface area (Å²) in [5.41, 5.74) is 0. The largest absolute Gasteiger partial charge is 1.00 e. The molecular weight excluding hydrogens is 141 g/mol. The minimum Gasteiger partial charge on any atom is -1.00 e. The van der Waals surface area contributed by atoms with Crippen LogP contribution in [0.2, 0.25) is 0 Å². The average molecular weight is 161 g/mol. The second kappa shape index (κ2) is 5.53. The minimum atomic E-state index is 0. The predicted molar refractivity (Wildman–Crippen MR) is 44.3 cm³/mol. The van der Waals surface area contributed by atoms with Gasteiger partial charge in [0, 0.05) is 12.3 Å². The van der Waals surface area contributed by atoms with Gasteiger partial charge in [-0.2, -0.15) is 0 Å². The summed E-state index contributed by atoms with van der Waals surface area (Å²) in [6, 6.07) is 0. The van der Waals surface area contributed by atoms with Gasteiger partial charge in [-0.25, -0.2) is 0 Å². The molecule has 1 heterocycles. The molecule has 2 atom stereocenters. The van der Waals surface area contributed by atoms with Crippen LogP contribution in [-0.4, -0.2) is 20.1 Å². The lowest BCUT2D eigenvalue weighted by atomic mass is 10.0. The van der Waals surface area contributed by atoms with Gasteiger partial charge in [-0.3, -0.25) is 0 Å². The first-order valence-corrected chi connectivity index (χ1v) is 4.64.